The number of aromatic nitrogens is 4. The number of rotatable bonds is 3. The number of fused-ring (bicyclic) bond motifs is 1. The molecule has 1 aromatic carbocycles. The summed E-state index contributed by atoms with van der Waals surface area (Å²) in [6, 6.07) is 8.30. The second-order valence-electron chi connectivity index (χ2n) is 4.19. The Balaban J connectivity index is 2.13. The number of anilines is 1. The van der Waals surface area contributed by atoms with Gasteiger partial charge in [-0.25, -0.2) is 0 Å². The standard InChI is InChI=1S/C13H6N8O2/c14-3-8(4-15)10(5-16)18-9-1-12-13(23-7-22-12)2-11(9)21-6-17-19-20-21/h1-2,6,18H,7H2. The number of nitrogens with one attached hydrogen (secondary N) is 1. The summed E-state index contributed by atoms with van der Waals surface area (Å²) >= 11 is 0. The van der Waals surface area contributed by atoms with Crippen molar-refractivity contribution in [2.45, 2.75) is 0 Å². The maximum absolute atomic E-state index is 9.16. The first-order valence-electron chi connectivity index (χ1n) is 6.15. The summed E-state index contributed by atoms with van der Waals surface area (Å²) in [6.07, 6.45) is 1.36. The number of benzene rings is 1. The van der Waals surface area contributed by atoms with Gasteiger partial charge in [0.15, 0.2) is 17.1 Å². The van der Waals surface area contributed by atoms with Crippen molar-refractivity contribution in [1.29, 1.82) is 15.8 Å². The summed E-state index contributed by atoms with van der Waals surface area (Å²) in [6.45, 7) is 0.0659. The molecular formula is C13H6N8O2. The number of allylic oxidation sites excluding steroid dienone is 2. The molecular weight excluding hydrogens is 300 g/mol. The lowest BCUT2D eigenvalue weighted by Crippen LogP contribution is -2.06. The summed E-state index contributed by atoms with van der Waals surface area (Å²) < 4.78 is 11.9. The third-order valence-corrected chi connectivity index (χ3v) is 2.93. The predicted molar refractivity (Wildman–Crippen MR) is 72.8 cm³/mol. The monoisotopic (exact) mass is 306 g/mol. The lowest BCUT2D eigenvalue weighted by molar-refractivity contribution is 0.174. The van der Waals surface area contributed by atoms with Gasteiger partial charge in [-0.05, 0) is 10.4 Å². The van der Waals surface area contributed by atoms with E-state index in [4.69, 9.17) is 25.3 Å². The summed E-state index contributed by atoms with van der Waals surface area (Å²) in [7, 11) is 0. The minimum absolute atomic E-state index is 0.0659. The van der Waals surface area contributed by atoms with Crippen LogP contribution in [0.15, 0.2) is 29.7 Å². The number of tetrazole rings is 1. The van der Waals surface area contributed by atoms with Crippen molar-refractivity contribution in [1.82, 2.24) is 20.2 Å². The normalized spacial score (nSPS) is 11.0. The molecule has 0 saturated heterocycles. The average Bonchev–Trinajstić information content (AvgIpc) is 3.25. The Morgan fingerprint density at radius 2 is 1.87 bits per heavy atom. The van der Waals surface area contributed by atoms with Gasteiger partial charge in [-0.1, -0.05) is 0 Å². The Hall–Kier alpha value is -4.10. The first-order chi connectivity index (χ1) is 11.3. The highest BCUT2D eigenvalue weighted by Crippen LogP contribution is 2.38. The van der Waals surface area contributed by atoms with E-state index in [0.717, 1.165) is 0 Å². The highest BCUT2D eigenvalue weighted by Gasteiger charge is 2.20. The molecule has 0 radical (unpaired) electrons. The molecule has 1 aromatic heterocycles. The van der Waals surface area contributed by atoms with Gasteiger partial charge in [0.25, 0.3) is 0 Å². The Morgan fingerprint density at radius 3 is 2.48 bits per heavy atom. The van der Waals surface area contributed by atoms with Gasteiger partial charge in [0.1, 0.15) is 30.2 Å². The summed E-state index contributed by atoms with van der Waals surface area (Å²) in [4.78, 5) is 0. The smallest absolute Gasteiger partial charge is 0.231 e. The van der Waals surface area contributed by atoms with Crippen molar-refractivity contribution in [3.63, 3.8) is 0 Å². The number of hydrogen-bond donors (Lipinski definition) is 1. The van der Waals surface area contributed by atoms with Crippen LogP contribution in [0.2, 0.25) is 0 Å². The van der Waals surface area contributed by atoms with Crippen LogP contribution in [0.1, 0.15) is 0 Å². The van der Waals surface area contributed by atoms with Gasteiger partial charge in [0.05, 0.1) is 11.4 Å². The molecule has 0 spiro atoms. The molecule has 10 nitrogen and oxygen atoms in total. The molecule has 0 atom stereocenters. The van der Waals surface area contributed by atoms with E-state index in [9.17, 15) is 0 Å². The Kier molecular flexibility index (Phi) is 3.45. The van der Waals surface area contributed by atoms with E-state index in [-0.39, 0.29) is 18.1 Å². The van der Waals surface area contributed by atoms with E-state index in [1.807, 2.05) is 0 Å². The predicted octanol–water partition coefficient (Wildman–Crippen LogP) is 0.628. The zero-order valence-corrected chi connectivity index (χ0v) is 11.4. The van der Waals surface area contributed by atoms with Crippen LogP contribution in [0.4, 0.5) is 5.69 Å². The molecule has 0 aliphatic carbocycles. The lowest BCUT2D eigenvalue weighted by Gasteiger charge is -2.11. The maximum atomic E-state index is 9.16. The largest absolute Gasteiger partial charge is 0.454 e. The molecule has 1 N–H and O–H groups in total. The molecule has 110 valence electrons. The second-order valence-corrected chi connectivity index (χ2v) is 4.19. The minimum atomic E-state index is -0.340. The SMILES string of the molecule is N#CC(C#N)=C(C#N)Nc1cc2c(cc1-n1cnnn1)OCO2. The summed E-state index contributed by atoms with van der Waals surface area (Å²) in [5.74, 6) is 0.946. The molecule has 0 saturated carbocycles. The Labute approximate surface area is 129 Å². The van der Waals surface area contributed by atoms with E-state index < -0.39 is 0 Å². The topological polar surface area (TPSA) is 145 Å². The van der Waals surface area contributed by atoms with Crippen LogP contribution in [0.25, 0.3) is 5.69 Å². The molecule has 2 heterocycles. The fourth-order valence-corrected chi connectivity index (χ4v) is 1.91. The van der Waals surface area contributed by atoms with Gasteiger partial charge in [-0.3, -0.25) is 0 Å². The molecule has 0 fully saturated rings. The highest BCUT2D eigenvalue weighted by molar-refractivity contribution is 5.72. The molecule has 3 rings (SSSR count). The first-order valence-corrected chi connectivity index (χ1v) is 6.15. The highest BCUT2D eigenvalue weighted by atomic mass is 16.7. The first kappa shape index (κ1) is 13.9. The van der Waals surface area contributed by atoms with Crippen molar-refractivity contribution >= 4 is 5.69 Å². The number of hydrogen-bond acceptors (Lipinski definition) is 9. The fourth-order valence-electron chi connectivity index (χ4n) is 1.91. The maximum Gasteiger partial charge on any atom is 0.231 e. The molecule has 23 heavy (non-hydrogen) atoms. The van der Waals surface area contributed by atoms with Gasteiger partial charge >= 0.3 is 0 Å². The van der Waals surface area contributed by atoms with Crippen molar-refractivity contribution in [3.05, 3.63) is 29.7 Å². The van der Waals surface area contributed by atoms with E-state index >= 15 is 0 Å². The second kappa shape index (κ2) is 5.72. The molecule has 2 aromatic rings. The van der Waals surface area contributed by atoms with Crippen LogP contribution in [-0.2, 0) is 0 Å². The van der Waals surface area contributed by atoms with Gasteiger partial charge < -0.3 is 14.8 Å². The Morgan fingerprint density at radius 1 is 1.13 bits per heavy atom. The molecule has 1 aliphatic heterocycles. The van der Waals surface area contributed by atoms with E-state index in [1.54, 1.807) is 30.3 Å². The number of nitriles is 3. The zero-order chi connectivity index (χ0) is 16.2. The van der Waals surface area contributed by atoms with E-state index in [2.05, 4.69) is 20.8 Å². The van der Waals surface area contributed by atoms with Gasteiger partial charge in [-0.15, -0.1) is 5.10 Å². The van der Waals surface area contributed by atoms with Crippen molar-refractivity contribution < 1.29 is 9.47 Å². The lowest BCUT2D eigenvalue weighted by atomic mass is 10.2. The van der Waals surface area contributed by atoms with Gasteiger partial charge in [0, 0.05) is 12.1 Å². The average molecular weight is 306 g/mol. The zero-order valence-electron chi connectivity index (χ0n) is 11.4. The summed E-state index contributed by atoms with van der Waals surface area (Å²) in [5, 5.41) is 40.6. The van der Waals surface area contributed by atoms with Crippen molar-refractivity contribution in [3.8, 4) is 35.4 Å². The molecule has 0 bridgehead atoms. The molecule has 0 amide bonds. The van der Waals surface area contributed by atoms with E-state index in [0.29, 0.717) is 22.9 Å². The van der Waals surface area contributed by atoms with Crippen LogP contribution >= 0.6 is 0 Å². The minimum Gasteiger partial charge on any atom is -0.454 e. The number of ether oxygens (including phenoxy) is 2. The van der Waals surface area contributed by atoms with Crippen LogP contribution in [0.3, 0.4) is 0 Å². The van der Waals surface area contributed by atoms with Crippen LogP contribution < -0.4 is 14.8 Å². The number of nitrogens with zero attached hydrogens (tertiary/aromatic N) is 7. The molecule has 0 unspecified atom stereocenters. The molecule has 10 heteroatoms. The Bertz CT molecular complexity index is 895. The van der Waals surface area contributed by atoms with Crippen LogP contribution in [0.5, 0.6) is 11.5 Å². The van der Waals surface area contributed by atoms with E-state index in [1.165, 1.54) is 11.0 Å². The van der Waals surface area contributed by atoms with Crippen LogP contribution in [0, 0.1) is 34.0 Å². The van der Waals surface area contributed by atoms with Gasteiger partial charge in [0.2, 0.25) is 6.79 Å². The molecule has 1 aliphatic rings. The van der Waals surface area contributed by atoms with Gasteiger partial charge in [-0.2, -0.15) is 20.5 Å². The summed E-state index contributed by atoms with van der Waals surface area (Å²) in [5.41, 5.74) is 0.305. The third kappa shape index (κ3) is 2.46. The quantitative estimate of drug-likeness (QED) is 0.806. The third-order valence-electron chi connectivity index (χ3n) is 2.93. The fraction of sp³-hybridized carbons (Fsp3) is 0.0769. The van der Waals surface area contributed by atoms with Crippen molar-refractivity contribution in [2.24, 2.45) is 0 Å². The van der Waals surface area contributed by atoms with Crippen molar-refractivity contribution in [2.75, 3.05) is 12.1 Å². The van der Waals surface area contributed by atoms with Crippen LogP contribution in [-0.4, -0.2) is 27.0 Å².